The quantitative estimate of drug-likeness (QED) is 0.567. The molecule has 3 saturated heterocycles. The minimum absolute atomic E-state index is 0.0278. The van der Waals surface area contributed by atoms with Crippen LogP contribution in [0.4, 0.5) is 0 Å². The maximum absolute atomic E-state index is 6.21. The molecule has 15 heavy (non-hydrogen) atoms. The van der Waals surface area contributed by atoms with E-state index in [-0.39, 0.29) is 17.3 Å². The molecule has 2 heteroatoms. The second kappa shape index (κ2) is 2.49. The molecule has 0 radical (unpaired) electrons. The maximum Gasteiger partial charge on any atom is 0.159 e. The molecule has 0 spiro atoms. The van der Waals surface area contributed by atoms with E-state index >= 15 is 0 Å². The van der Waals surface area contributed by atoms with Crippen molar-refractivity contribution in [1.82, 2.24) is 0 Å². The molecule has 0 amide bonds. The van der Waals surface area contributed by atoms with Crippen LogP contribution in [0.1, 0.15) is 39.0 Å². The van der Waals surface area contributed by atoms with E-state index in [9.17, 15) is 0 Å². The lowest BCUT2D eigenvalue weighted by Gasteiger charge is -2.67. The van der Waals surface area contributed by atoms with Gasteiger partial charge in [-0.25, -0.2) is 0 Å². The highest BCUT2D eigenvalue weighted by molar-refractivity contribution is 5.25. The second-order valence-corrected chi connectivity index (χ2v) is 5.81. The Morgan fingerprint density at radius 2 is 2.33 bits per heavy atom. The molecule has 0 aromatic rings. The molecule has 0 aromatic carbocycles. The number of hydrogen-bond donors (Lipinski definition) is 0. The molecule has 5 atom stereocenters. The van der Waals surface area contributed by atoms with Crippen LogP contribution >= 0.6 is 0 Å². The molecule has 5 bridgehead atoms. The molecule has 5 rings (SSSR count). The van der Waals surface area contributed by atoms with Crippen LogP contribution < -0.4 is 0 Å². The Kier molecular flexibility index (Phi) is 1.46. The van der Waals surface area contributed by atoms with E-state index in [4.69, 9.17) is 9.47 Å². The molecule has 3 aliphatic heterocycles. The van der Waals surface area contributed by atoms with Crippen LogP contribution in [0.2, 0.25) is 0 Å². The lowest BCUT2D eigenvalue weighted by atomic mass is 9.50. The van der Waals surface area contributed by atoms with Crippen molar-refractivity contribution in [3.8, 4) is 0 Å². The SMILES string of the molecule is C[C@@]12[C@H]3CC=C[C@@]14CCC[C@@H]2O[C@H](C3)O4. The fraction of sp³-hybridized carbons (Fsp3) is 0.846. The van der Waals surface area contributed by atoms with Crippen LogP contribution in [0.3, 0.4) is 0 Å². The van der Waals surface area contributed by atoms with Gasteiger partial charge in [-0.15, -0.1) is 0 Å². The second-order valence-electron chi connectivity index (χ2n) is 5.81. The summed E-state index contributed by atoms with van der Waals surface area (Å²) in [6.07, 6.45) is 11.3. The van der Waals surface area contributed by atoms with Gasteiger partial charge in [-0.3, -0.25) is 0 Å². The predicted molar refractivity (Wildman–Crippen MR) is 56.3 cm³/mol. The van der Waals surface area contributed by atoms with Gasteiger partial charge < -0.3 is 9.47 Å². The Bertz CT molecular complexity index is 337. The average Bonchev–Trinajstić information content (AvgIpc) is 2.14. The number of hydrogen-bond acceptors (Lipinski definition) is 2. The molecular weight excluding hydrogens is 188 g/mol. The summed E-state index contributed by atoms with van der Waals surface area (Å²) >= 11 is 0. The molecule has 1 saturated carbocycles. The largest absolute Gasteiger partial charge is 0.349 e. The zero-order valence-corrected chi connectivity index (χ0v) is 9.24. The standard InChI is InChI=1S/C13H18O2/c1-12-9-4-2-6-13(12)7-3-5-10(12)14-11(8-9)15-13/h2,6,9-11H,3-5,7-8H2,1H3/t9-,10-,11-,12-,13+/m0/s1. The van der Waals surface area contributed by atoms with Crippen LogP contribution in [-0.4, -0.2) is 18.0 Å². The van der Waals surface area contributed by atoms with E-state index in [0.717, 1.165) is 12.3 Å². The van der Waals surface area contributed by atoms with Gasteiger partial charge in [-0.1, -0.05) is 19.1 Å². The maximum atomic E-state index is 6.21. The Labute approximate surface area is 90.6 Å². The molecule has 0 N–H and O–H groups in total. The molecule has 82 valence electrons. The first kappa shape index (κ1) is 8.77. The third-order valence-electron chi connectivity index (χ3n) is 5.39. The highest BCUT2D eigenvalue weighted by atomic mass is 16.7. The highest BCUT2D eigenvalue weighted by Crippen LogP contribution is 2.64. The van der Waals surface area contributed by atoms with Crippen molar-refractivity contribution in [2.45, 2.75) is 57.0 Å². The molecule has 5 aliphatic rings. The van der Waals surface area contributed by atoms with Crippen LogP contribution in [0.25, 0.3) is 0 Å². The van der Waals surface area contributed by atoms with Gasteiger partial charge in [0.2, 0.25) is 0 Å². The fourth-order valence-electron chi connectivity index (χ4n) is 4.49. The van der Waals surface area contributed by atoms with Gasteiger partial charge in [-0.05, 0) is 31.6 Å². The molecular formula is C13H18O2. The summed E-state index contributed by atoms with van der Waals surface area (Å²) in [5.41, 5.74) is 0.286. The number of ether oxygens (including phenoxy) is 2. The van der Waals surface area contributed by atoms with Gasteiger partial charge in [0, 0.05) is 11.8 Å². The molecule has 0 unspecified atom stereocenters. The van der Waals surface area contributed by atoms with Crippen molar-refractivity contribution in [1.29, 1.82) is 0 Å². The van der Waals surface area contributed by atoms with E-state index in [2.05, 4.69) is 19.1 Å². The summed E-state index contributed by atoms with van der Waals surface area (Å²) < 4.78 is 12.2. The zero-order chi connectivity index (χ0) is 10.1. The Morgan fingerprint density at radius 1 is 1.40 bits per heavy atom. The highest BCUT2D eigenvalue weighted by Gasteiger charge is 2.67. The minimum Gasteiger partial charge on any atom is -0.349 e. The van der Waals surface area contributed by atoms with E-state index in [0.29, 0.717) is 6.10 Å². The summed E-state index contributed by atoms with van der Waals surface area (Å²) in [7, 11) is 0. The van der Waals surface area contributed by atoms with Gasteiger partial charge >= 0.3 is 0 Å². The van der Waals surface area contributed by atoms with Crippen LogP contribution in [-0.2, 0) is 9.47 Å². The van der Waals surface area contributed by atoms with Crippen LogP contribution in [0.5, 0.6) is 0 Å². The molecule has 0 aromatic heterocycles. The Hall–Kier alpha value is -0.340. The van der Waals surface area contributed by atoms with E-state index in [1.54, 1.807) is 0 Å². The monoisotopic (exact) mass is 206 g/mol. The minimum atomic E-state index is 0.0278. The van der Waals surface area contributed by atoms with Crippen molar-refractivity contribution in [3.05, 3.63) is 12.2 Å². The van der Waals surface area contributed by atoms with Crippen molar-refractivity contribution in [2.75, 3.05) is 0 Å². The summed E-state index contributed by atoms with van der Waals surface area (Å²) in [5, 5.41) is 0. The summed E-state index contributed by atoms with van der Waals surface area (Å²) in [5.74, 6) is 0.792. The average molecular weight is 206 g/mol. The zero-order valence-electron chi connectivity index (χ0n) is 9.24. The first-order valence-electron chi connectivity index (χ1n) is 6.26. The third-order valence-corrected chi connectivity index (χ3v) is 5.39. The third kappa shape index (κ3) is 0.818. The number of allylic oxidation sites excluding steroid dienone is 1. The van der Waals surface area contributed by atoms with Gasteiger partial charge in [0.05, 0.1) is 11.7 Å². The topological polar surface area (TPSA) is 18.5 Å². The fourth-order valence-corrected chi connectivity index (χ4v) is 4.49. The lowest BCUT2D eigenvalue weighted by molar-refractivity contribution is -0.393. The van der Waals surface area contributed by atoms with Crippen LogP contribution in [0, 0.1) is 11.3 Å². The summed E-state index contributed by atoms with van der Waals surface area (Å²) in [4.78, 5) is 0. The van der Waals surface area contributed by atoms with Crippen LogP contribution in [0.15, 0.2) is 12.2 Å². The van der Waals surface area contributed by atoms with E-state index in [1.807, 2.05) is 0 Å². The molecule has 2 nitrogen and oxygen atoms in total. The predicted octanol–water partition coefficient (Wildman–Crippen LogP) is 2.64. The molecule has 3 heterocycles. The van der Waals surface area contributed by atoms with Crippen molar-refractivity contribution in [3.63, 3.8) is 0 Å². The Morgan fingerprint density at radius 3 is 3.20 bits per heavy atom. The smallest absolute Gasteiger partial charge is 0.159 e. The number of rotatable bonds is 0. The van der Waals surface area contributed by atoms with Gasteiger partial charge in [0.25, 0.3) is 0 Å². The summed E-state index contributed by atoms with van der Waals surface area (Å²) in [6.45, 7) is 2.40. The summed E-state index contributed by atoms with van der Waals surface area (Å²) in [6, 6.07) is 0. The van der Waals surface area contributed by atoms with Crippen molar-refractivity contribution >= 4 is 0 Å². The first-order chi connectivity index (χ1) is 7.25. The molecule has 4 fully saturated rings. The first-order valence-corrected chi connectivity index (χ1v) is 6.26. The van der Waals surface area contributed by atoms with E-state index < -0.39 is 0 Å². The van der Waals surface area contributed by atoms with Crippen molar-refractivity contribution < 1.29 is 9.47 Å². The lowest BCUT2D eigenvalue weighted by Crippen LogP contribution is -2.71. The van der Waals surface area contributed by atoms with Gasteiger partial charge in [0.1, 0.15) is 0 Å². The molecule has 2 aliphatic carbocycles. The Balaban J connectivity index is 1.93. The normalized spacial score (nSPS) is 60.7. The van der Waals surface area contributed by atoms with Gasteiger partial charge in [-0.2, -0.15) is 0 Å². The van der Waals surface area contributed by atoms with E-state index in [1.165, 1.54) is 25.7 Å². The van der Waals surface area contributed by atoms with Gasteiger partial charge in [0.15, 0.2) is 6.29 Å². The van der Waals surface area contributed by atoms with Crippen molar-refractivity contribution in [2.24, 2.45) is 11.3 Å².